The molecule has 4 heterocycles. The number of carbonyl (C=O) groups is 2. The number of hydrogen-bond donors (Lipinski definition) is 1. The lowest BCUT2D eigenvalue weighted by atomic mass is 9.95. The third kappa shape index (κ3) is 4.15. The molecule has 2 aliphatic heterocycles. The van der Waals surface area contributed by atoms with Crippen molar-refractivity contribution >= 4 is 11.8 Å². The van der Waals surface area contributed by atoms with Gasteiger partial charge in [-0.1, -0.05) is 25.3 Å². The lowest BCUT2D eigenvalue weighted by molar-refractivity contribution is 0.0724. The number of carbonyl (C=O) groups excluding carboxylic acids is 2. The van der Waals surface area contributed by atoms with Crippen LogP contribution < -0.4 is 5.56 Å². The largest absolute Gasteiger partial charge is 0.338 e. The Morgan fingerprint density at radius 2 is 1.70 bits per heavy atom. The molecule has 158 valence electrons. The number of hydrogen-bond acceptors (Lipinski definition) is 4. The van der Waals surface area contributed by atoms with Gasteiger partial charge in [-0.2, -0.15) is 0 Å². The average molecular weight is 409 g/mol. The van der Waals surface area contributed by atoms with E-state index in [1.165, 1.54) is 6.42 Å². The zero-order valence-electron chi connectivity index (χ0n) is 17.4. The molecule has 1 fully saturated rings. The second kappa shape index (κ2) is 8.81. The van der Waals surface area contributed by atoms with E-state index in [1.54, 1.807) is 17.2 Å². The van der Waals surface area contributed by atoms with Crippen LogP contribution in [0.5, 0.6) is 0 Å². The summed E-state index contributed by atoms with van der Waals surface area (Å²) >= 11 is 0. The van der Waals surface area contributed by atoms with Crippen LogP contribution in [-0.4, -0.2) is 51.2 Å². The van der Waals surface area contributed by atoms with Gasteiger partial charge in [-0.05, 0) is 49.4 Å². The predicted octanol–water partition coefficient (Wildman–Crippen LogP) is 2.68. The highest BCUT2D eigenvalue weighted by Gasteiger charge is 2.29. The number of fused-ring (bicyclic) bond motifs is 1. The van der Waals surface area contributed by atoms with Crippen LogP contribution in [0.15, 0.2) is 29.2 Å². The summed E-state index contributed by atoms with van der Waals surface area (Å²) < 4.78 is 0. The molecule has 4 rings (SSSR count). The lowest BCUT2D eigenvalue weighted by Crippen LogP contribution is -2.41. The Kier molecular flexibility index (Phi) is 5.97. The van der Waals surface area contributed by atoms with Crippen LogP contribution in [-0.2, 0) is 13.0 Å². The lowest BCUT2D eigenvalue weighted by Gasteiger charge is -2.31. The SMILES string of the molecule is Cc1cccc(C(=O)N2CCc3c(c[nH]c(=O)c3C(=O)N3CCCCCCC3)C2)n1. The van der Waals surface area contributed by atoms with Crippen molar-refractivity contribution in [2.45, 2.75) is 52.0 Å². The van der Waals surface area contributed by atoms with Crippen LogP contribution in [0, 0.1) is 6.92 Å². The molecule has 2 aromatic rings. The van der Waals surface area contributed by atoms with Crippen molar-refractivity contribution in [3.05, 3.63) is 62.8 Å². The molecule has 0 radical (unpaired) electrons. The number of likely N-dealkylation sites (tertiary alicyclic amines) is 1. The maximum Gasteiger partial charge on any atom is 0.272 e. The Bertz CT molecular complexity index is 1010. The molecule has 1 saturated heterocycles. The van der Waals surface area contributed by atoms with E-state index >= 15 is 0 Å². The van der Waals surface area contributed by atoms with Gasteiger partial charge < -0.3 is 14.8 Å². The average Bonchev–Trinajstić information content (AvgIpc) is 2.72. The summed E-state index contributed by atoms with van der Waals surface area (Å²) in [5, 5.41) is 0. The van der Waals surface area contributed by atoms with Gasteiger partial charge in [0.15, 0.2) is 0 Å². The molecular weight excluding hydrogens is 380 g/mol. The molecule has 2 aromatic heterocycles. The van der Waals surface area contributed by atoms with E-state index in [0.29, 0.717) is 38.3 Å². The fourth-order valence-electron chi connectivity index (χ4n) is 4.40. The summed E-state index contributed by atoms with van der Waals surface area (Å²) in [4.78, 5) is 49.4. The van der Waals surface area contributed by atoms with Gasteiger partial charge in [0.1, 0.15) is 11.3 Å². The van der Waals surface area contributed by atoms with Gasteiger partial charge >= 0.3 is 0 Å². The zero-order valence-corrected chi connectivity index (χ0v) is 17.4. The van der Waals surface area contributed by atoms with E-state index < -0.39 is 0 Å². The Balaban J connectivity index is 1.58. The molecular formula is C23H28N4O3. The molecule has 0 bridgehead atoms. The number of pyridine rings is 2. The normalized spacial score (nSPS) is 17.1. The van der Waals surface area contributed by atoms with Crippen LogP contribution in [0.2, 0.25) is 0 Å². The van der Waals surface area contributed by atoms with Crippen molar-refractivity contribution < 1.29 is 9.59 Å². The van der Waals surface area contributed by atoms with Gasteiger partial charge in [-0.15, -0.1) is 0 Å². The molecule has 0 atom stereocenters. The summed E-state index contributed by atoms with van der Waals surface area (Å²) in [7, 11) is 0. The molecule has 0 unspecified atom stereocenters. The number of nitrogens with one attached hydrogen (secondary N) is 1. The number of aryl methyl sites for hydroxylation is 1. The van der Waals surface area contributed by atoms with E-state index in [0.717, 1.165) is 42.5 Å². The molecule has 0 aromatic carbocycles. The molecule has 7 heteroatoms. The standard InChI is InChI=1S/C23H28N4O3/c1-16-8-7-9-19(25-16)22(29)27-13-10-18-17(15-27)14-24-21(28)20(18)23(30)26-11-5-3-2-4-6-12-26/h7-9,14H,2-6,10-13,15H2,1H3,(H,24,28). The molecule has 7 nitrogen and oxygen atoms in total. The highest BCUT2D eigenvalue weighted by atomic mass is 16.2. The van der Waals surface area contributed by atoms with Gasteiger partial charge in [-0.25, -0.2) is 4.98 Å². The highest BCUT2D eigenvalue weighted by Crippen LogP contribution is 2.23. The van der Waals surface area contributed by atoms with E-state index in [4.69, 9.17) is 0 Å². The first-order valence-electron chi connectivity index (χ1n) is 10.8. The minimum Gasteiger partial charge on any atom is -0.338 e. The number of H-pyrrole nitrogens is 1. The minimum atomic E-state index is -0.332. The highest BCUT2D eigenvalue weighted by molar-refractivity contribution is 5.96. The van der Waals surface area contributed by atoms with Gasteiger partial charge in [0.2, 0.25) is 0 Å². The summed E-state index contributed by atoms with van der Waals surface area (Å²) in [6.07, 6.45) is 7.54. The van der Waals surface area contributed by atoms with Gasteiger partial charge in [-0.3, -0.25) is 14.4 Å². The summed E-state index contributed by atoms with van der Waals surface area (Å²) in [5.41, 5.74) is 2.75. The Morgan fingerprint density at radius 3 is 2.43 bits per heavy atom. The second-order valence-electron chi connectivity index (χ2n) is 8.20. The summed E-state index contributed by atoms with van der Waals surface area (Å²) in [6, 6.07) is 5.40. The topological polar surface area (TPSA) is 86.4 Å². The third-order valence-corrected chi connectivity index (χ3v) is 6.04. The fourth-order valence-corrected chi connectivity index (χ4v) is 4.40. The number of aromatic nitrogens is 2. The number of nitrogens with zero attached hydrogens (tertiary/aromatic N) is 3. The van der Waals surface area contributed by atoms with Gasteiger partial charge in [0.05, 0.1) is 0 Å². The van der Waals surface area contributed by atoms with Crippen molar-refractivity contribution in [1.29, 1.82) is 0 Å². The number of rotatable bonds is 2. The second-order valence-corrected chi connectivity index (χ2v) is 8.20. The van der Waals surface area contributed by atoms with Crippen LogP contribution in [0.4, 0.5) is 0 Å². The zero-order chi connectivity index (χ0) is 21.1. The first-order valence-corrected chi connectivity index (χ1v) is 10.8. The van der Waals surface area contributed by atoms with Crippen molar-refractivity contribution in [3.63, 3.8) is 0 Å². The van der Waals surface area contributed by atoms with Crippen molar-refractivity contribution in [2.75, 3.05) is 19.6 Å². The van der Waals surface area contributed by atoms with Gasteiger partial charge in [0, 0.05) is 38.1 Å². The van der Waals surface area contributed by atoms with Crippen LogP contribution in [0.25, 0.3) is 0 Å². The van der Waals surface area contributed by atoms with Crippen molar-refractivity contribution in [3.8, 4) is 0 Å². The monoisotopic (exact) mass is 408 g/mol. The first-order chi connectivity index (χ1) is 14.5. The summed E-state index contributed by atoms with van der Waals surface area (Å²) in [6.45, 7) is 4.08. The van der Waals surface area contributed by atoms with Gasteiger partial charge in [0.25, 0.3) is 17.4 Å². The smallest absolute Gasteiger partial charge is 0.272 e. The van der Waals surface area contributed by atoms with E-state index in [9.17, 15) is 14.4 Å². The van der Waals surface area contributed by atoms with E-state index in [2.05, 4.69) is 9.97 Å². The van der Waals surface area contributed by atoms with E-state index in [-0.39, 0.29) is 22.9 Å². The quantitative estimate of drug-likeness (QED) is 0.828. The molecule has 0 saturated carbocycles. The first kappa shape index (κ1) is 20.3. The maximum atomic E-state index is 13.2. The molecule has 2 aliphatic rings. The summed E-state index contributed by atoms with van der Waals surface area (Å²) in [5.74, 6) is -0.303. The maximum absolute atomic E-state index is 13.2. The Labute approximate surface area is 176 Å². The van der Waals surface area contributed by atoms with Crippen molar-refractivity contribution in [1.82, 2.24) is 19.8 Å². The molecule has 1 N–H and O–H groups in total. The number of aromatic amines is 1. The van der Waals surface area contributed by atoms with Crippen LogP contribution in [0.3, 0.4) is 0 Å². The molecule has 2 amide bonds. The van der Waals surface area contributed by atoms with Crippen molar-refractivity contribution in [2.24, 2.45) is 0 Å². The Morgan fingerprint density at radius 1 is 0.967 bits per heavy atom. The molecule has 0 spiro atoms. The molecule has 30 heavy (non-hydrogen) atoms. The minimum absolute atomic E-state index is 0.132. The van der Waals surface area contributed by atoms with Crippen LogP contribution >= 0.6 is 0 Å². The number of amides is 2. The third-order valence-electron chi connectivity index (χ3n) is 6.04. The Hall–Kier alpha value is -2.96. The van der Waals surface area contributed by atoms with E-state index in [1.807, 2.05) is 24.0 Å². The molecule has 0 aliphatic carbocycles. The predicted molar refractivity (Wildman–Crippen MR) is 113 cm³/mol. The fraction of sp³-hybridized carbons (Fsp3) is 0.478. The van der Waals surface area contributed by atoms with Crippen LogP contribution in [0.1, 0.15) is 69.8 Å².